The number of nitrogens with one attached hydrogen (secondary N) is 1. The summed E-state index contributed by atoms with van der Waals surface area (Å²) in [5.41, 5.74) is 0.0761. The molecule has 82 valence electrons. The summed E-state index contributed by atoms with van der Waals surface area (Å²) < 4.78 is 0. The molecule has 0 aromatic heterocycles. The van der Waals surface area contributed by atoms with Crippen molar-refractivity contribution in [2.24, 2.45) is 5.92 Å². The highest BCUT2D eigenvalue weighted by atomic mass is 16.2. The Morgan fingerprint density at radius 3 is 2.36 bits per heavy atom. The summed E-state index contributed by atoms with van der Waals surface area (Å²) >= 11 is 0. The fourth-order valence-electron chi connectivity index (χ4n) is 2.10. The van der Waals surface area contributed by atoms with Crippen molar-refractivity contribution in [3.8, 4) is 0 Å². The van der Waals surface area contributed by atoms with Gasteiger partial charge in [-0.1, -0.05) is 13.8 Å². The van der Waals surface area contributed by atoms with Crippen LogP contribution in [0.1, 0.15) is 34.6 Å². The van der Waals surface area contributed by atoms with E-state index in [2.05, 4.69) is 44.8 Å². The molecule has 1 aliphatic rings. The molecule has 0 bridgehead atoms. The van der Waals surface area contributed by atoms with Crippen molar-refractivity contribution in [1.82, 2.24) is 10.2 Å². The highest BCUT2D eigenvalue weighted by molar-refractivity contribution is 5.82. The largest absolute Gasteiger partial charge is 0.353 e. The van der Waals surface area contributed by atoms with Crippen molar-refractivity contribution >= 4 is 5.91 Å². The first-order valence-electron chi connectivity index (χ1n) is 5.38. The summed E-state index contributed by atoms with van der Waals surface area (Å²) in [5.74, 6) is 0.552. The minimum absolute atomic E-state index is 0.0312. The van der Waals surface area contributed by atoms with Crippen LogP contribution in [0.3, 0.4) is 0 Å². The molecule has 1 atom stereocenters. The van der Waals surface area contributed by atoms with Gasteiger partial charge in [0.2, 0.25) is 5.91 Å². The average molecular weight is 198 g/mol. The van der Waals surface area contributed by atoms with Crippen molar-refractivity contribution in [3.63, 3.8) is 0 Å². The van der Waals surface area contributed by atoms with Crippen LogP contribution in [0.2, 0.25) is 0 Å². The topological polar surface area (TPSA) is 32.3 Å². The highest BCUT2D eigenvalue weighted by Gasteiger charge is 2.37. The molecule has 1 heterocycles. The van der Waals surface area contributed by atoms with Gasteiger partial charge in [0.25, 0.3) is 0 Å². The maximum atomic E-state index is 11.7. The van der Waals surface area contributed by atoms with Crippen LogP contribution >= 0.6 is 0 Å². The normalized spacial score (nSPS) is 25.3. The van der Waals surface area contributed by atoms with Crippen LogP contribution in [-0.2, 0) is 4.79 Å². The molecule has 0 spiro atoms. The number of piperazine rings is 1. The van der Waals surface area contributed by atoms with E-state index in [0.717, 1.165) is 13.1 Å². The lowest BCUT2D eigenvalue weighted by atomic mass is 9.93. The van der Waals surface area contributed by atoms with Gasteiger partial charge in [-0.05, 0) is 26.7 Å². The lowest BCUT2D eigenvalue weighted by molar-refractivity contribution is -0.134. The third kappa shape index (κ3) is 2.27. The Hall–Kier alpha value is -0.570. The first-order valence-corrected chi connectivity index (χ1v) is 5.38. The van der Waals surface area contributed by atoms with E-state index in [1.807, 2.05) is 0 Å². The summed E-state index contributed by atoms with van der Waals surface area (Å²) in [6.07, 6.45) is 0. The van der Waals surface area contributed by atoms with E-state index in [0.29, 0.717) is 5.92 Å². The van der Waals surface area contributed by atoms with E-state index in [9.17, 15) is 4.79 Å². The number of carbonyl (C=O) groups excluding carboxylic acids is 1. The predicted octanol–water partition coefficient (Wildman–Crippen LogP) is 1.24. The Kier molecular flexibility index (Phi) is 3.20. The van der Waals surface area contributed by atoms with Crippen molar-refractivity contribution in [1.29, 1.82) is 0 Å². The summed E-state index contributed by atoms with van der Waals surface area (Å²) in [5, 5.41) is 2.93. The molecule has 0 aliphatic carbocycles. The molecule has 14 heavy (non-hydrogen) atoms. The van der Waals surface area contributed by atoms with Gasteiger partial charge in [0, 0.05) is 18.6 Å². The van der Waals surface area contributed by atoms with Crippen LogP contribution in [-0.4, -0.2) is 35.5 Å². The Bertz CT molecular complexity index is 218. The van der Waals surface area contributed by atoms with E-state index >= 15 is 0 Å². The zero-order valence-corrected chi connectivity index (χ0v) is 9.92. The van der Waals surface area contributed by atoms with E-state index < -0.39 is 0 Å². The van der Waals surface area contributed by atoms with Crippen LogP contribution in [0.4, 0.5) is 0 Å². The van der Waals surface area contributed by atoms with Gasteiger partial charge in [-0.15, -0.1) is 0 Å². The Morgan fingerprint density at radius 1 is 1.43 bits per heavy atom. The number of hydrogen-bond acceptors (Lipinski definition) is 2. The molecule has 1 saturated heterocycles. The molecule has 0 radical (unpaired) electrons. The molecule has 1 unspecified atom stereocenters. The molecule has 3 heteroatoms. The van der Waals surface area contributed by atoms with Gasteiger partial charge < -0.3 is 5.32 Å². The second-order valence-electron chi connectivity index (χ2n) is 5.34. The van der Waals surface area contributed by atoms with Gasteiger partial charge in [-0.25, -0.2) is 0 Å². The average Bonchev–Trinajstić information content (AvgIpc) is 2.01. The highest BCUT2D eigenvalue weighted by Crippen LogP contribution is 2.23. The first-order chi connectivity index (χ1) is 6.34. The molecule has 0 saturated carbocycles. The van der Waals surface area contributed by atoms with Gasteiger partial charge in [-0.2, -0.15) is 0 Å². The second-order valence-corrected chi connectivity index (χ2v) is 5.34. The lowest BCUT2D eigenvalue weighted by Gasteiger charge is -2.45. The number of nitrogens with zero attached hydrogens (tertiary/aromatic N) is 1. The van der Waals surface area contributed by atoms with Gasteiger partial charge in [0.1, 0.15) is 0 Å². The fourth-order valence-corrected chi connectivity index (χ4v) is 2.10. The third-order valence-corrected chi connectivity index (χ3v) is 2.75. The van der Waals surface area contributed by atoms with Gasteiger partial charge in [-0.3, -0.25) is 9.69 Å². The first kappa shape index (κ1) is 11.5. The van der Waals surface area contributed by atoms with E-state index in [1.165, 1.54) is 0 Å². The van der Waals surface area contributed by atoms with E-state index in [1.54, 1.807) is 0 Å². The summed E-state index contributed by atoms with van der Waals surface area (Å²) in [4.78, 5) is 14.0. The smallest absolute Gasteiger partial charge is 0.237 e. The zero-order chi connectivity index (χ0) is 10.9. The maximum absolute atomic E-state index is 11.7. The Balaban J connectivity index is 2.86. The molecule has 1 fully saturated rings. The van der Waals surface area contributed by atoms with Crippen LogP contribution < -0.4 is 5.32 Å². The molecule has 0 aromatic rings. The van der Waals surface area contributed by atoms with Crippen molar-refractivity contribution in [3.05, 3.63) is 0 Å². The van der Waals surface area contributed by atoms with Crippen LogP contribution in [0.15, 0.2) is 0 Å². The number of carbonyl (C=O) groups is 1. The Morgan fingerprint density at radius 2 is 2.00 bits per heavy atom. The lowest BCUT2D eigenvalue weighted by Crippen LogP contribution is -2.62. The molecule has 1 aliphatic heterocycles. The van der Waals surface area contributed by atoms with Crippen LogP contribution in [0, 0.1) is 5.92 Å². The third-order valence-electron chi connectivity index (χ3n) is 2.75. The molecule has 3 nitrogen and oxygen atoms in total. The van der Waals surface area contributed by atoms with Crippen molar-refractivity contribution in [2.45, 2.75) is 46.2 Å². The number of hydrogen-bond donors (Lipinski definition) is 1. The predicted molar refractivity (Wildman–Crippen MR) is 58.1 cm³/mol. The minimum atomic E-state index is 0.0312. The molecular weight excluding hydrogens is 176 g/mol. The van der Waals surface area contributed by atoms with E-state index in [-0.39, 0.29) is 17.5 Å². The standard InChI is InChI=1S/C11H22N2O/c1-8(2)9-10(14)12-6-7-13(9)11(3,4)5/h8-9H,6-7H2,1-5H3,(H,12,14). The molecule has 1 amide bonds. The summed E-state index contributed by atoms with van der Waals surface area (Å²) in [6, 6.07) is 0.0312. The quantitative estimate of drug-likeness (QED) is 0.687. The van der Waals surface area contributed by atoms with E-state index in [4.69, 9.17) is 0 Å². The molecular formula is C11H22N2O. The maximum Gasteiger partial charge on any atom is 0.237 e. The van der Waals surface area contributed by atoms with Crippen LogP contribution in [0.5, 0.6) is 0 Å². The fraction of sp³-hybridized carbons (Fsp3) is 0.909. The monoisotopic (exact) mass is 198 g/mol. The SMILES string of the molecule is CC(C)C1C(=O)NCCN1C(C)(C)C. The summed E-state index contributed by atoms with van der Waals surface area (Å²) in [7, 11) is 0. The Labute approximate surface area is 86.9 Å². The molecule has 1 N–H and O–H groups in total. The summed E-state index contributed by atoms with van der Waals surface area (Å²) in [6.45, 7) is 12.4. The second kappa shape index (κ2) is 3.89. The van der Waals surface area contributed by atoms with Crippen LogP contribution in [0.25, 0.3) is 0 Å². The zero-order valence-electron chi connectivity index (χ0n) is 9.92. The van der Waals surface area contributed by atoms with Gasteiger partial charge >= 0.3 is 0 Å². The molecule has 0 aromatic carbocycles. The minimum Gasteiger partial charge on any atom is -0.353 e. The van der Waals surface area contributed by atoms with Crippen molar-refractivity contribution < 1.29 is 4.79 Å². The molecule has 1 rings (SSSR count). The van der Waals surface area contributed by atoms with Crippen molar-refractivity contribution in [2.75, 3.05) is 13.1 Å². The number of rotatable bonds is 1. The number of amides is 1. The van der Waals surface area contributed by atoms with Gasteiger partial charge in [0.15, 0.2) is 0 Å². The van der Waals surface area contributed by atoms with Gasteiger partial charge in [0.05, 0.1) is 6.04 Å².